The first kappa shape index (κ1) is 20.4. The van der Waals surface area contributed by atoms with Gasteiger partial charge in [-0.25, -0.2) is 0 Å². The van der Waals surface area contributed by atoms with Crippen LogP contribution in [0.5, 0.6) is 0 Å². The number of carbonyl (C=O) groups excluding carboxylic acids is 2. The topological polar surface area (TPSA) is 55.4 Å². The molecule has 4 nitrogen and oxygen atoms in total. The number of anilines is 1. The van der Waals surface area contributed by atoms with Crippen LogP contribution >= 0.6 is 11.6 Å². The second-order valence-corrected chi connectivity index (χ2v) is 7.64. The number of hydrogen-bond donors (Lipinski definition) is 1. The average molecular weight is 400 g/mol. The Hall–Kier alpha value is -2.33. The molecule has 1 saturated carbocycles. The van der Waals surface area contributed by atoms with Crippen LogP contribution in [0.2, 0.25) is 5.02 Å². The van der Waals surface area contributed by atoms with Gasteiger partial charge in [-0.3, -0.25) is 9.59 Å². The summed E-state index contributed by atoms with van der Waals surface area (Å²) in [4.78, 5) is 25.5. The Bertz CT molecular complexity index is 819. The fourth-order valence-electron chi connectivity index (χ4n) is 3.66. The van der Waals surface area contributed by atoms with E-state index in [9.17, 15) is 9.59 Å². The lowest BCUT2D eigenvalue weighted by Crippen LogP contribution is -2.37. The van der Waals surface area contributed by atoms with Crippen LogP contribution in [0.1, 0.15) is 43.7 Å². The largest absolute Gasteiger partial charge is 0.461 e. The molecule has 0 radical (unpaired) electrons. The quantitative estimate of drug-likeness (QED) is 0.662. The van der Waals surface area contributed by atoms with Crippen LogP contribution in [0.4, 0.5) is 5.69 Å². The minimum atomic E-state index is -0.411. The smallest absolute Gasteiger partial charge is 0.310 e. The van der Waals surface area contributed by atoms with Crippen molar-refractivity contribution in [3.05, 3.63) is 64.7 Å². The van der Waals surface area contributed by atoms with Crippen molar-refractivity contribution in [2.75, 3.05) is 5.32 Å². The molecule has 0 spiro atoms. The van der Waals surface area contributed by atoms with Crippen molar-refractivity contribution in [1.29, 1.82) is 0 Å². The number of halogens is 1. The number of hydrogen-bond acceptors (Lipinski definition) is 3. The van der Waals surface area contributed by atoms with Gasteiger partial charge < -0.3 is 10.1 Å². The molecule has 1 aliphatic carbocycles. The number of esters is 1. The maximum atomic E-state index is 12.8. The third-order valence-corrected chi connectivity index (χ3v) is 5.73. The summed E-state index contributed by atoms with van der Waals surface area (Å²) >= 11 is 6.13. The summed E-state index contributed by atoms with van der Waals surface area (Å²) in [6.07, 6.45) is 4.21. The molecule has 1 fully saturated rings. The number of ether oxygens (including phenoxy) is 1. The monoisotopic (exact) mass is 399 g/mol. The van der Waals surface area contributed by atoms with Gasteiger partial charge in [0.25, 0.3) is 0 Å². The van der Waals surface area contributed by atoms with Gasteiger partial charge in [-0.1, -0.05) is 61.7 Å². The van der Waals surface area contributed by atoms with Gasteiger partial charge in [-0.15, -0.1) is 0 Å². The van der Waals surface area contributed by atoms with Crippen molar-refractivity contribution in [3.8, 4) is 0 Å². The third kappa shape index (κ3) is 5.14. The highest BCUT2D eigenvalue weighted by atomic mass is 35.5. The summed E-state index contributed by atoms with van der Waals surface area (Å²) in [5, 5.41) is 3.54. The Morgan fingerprint density at radius 3 is 2.39 bits per heavy atom. The van der Waals surface area contributed by atoms with Crippen molar-refractivity contribution in [2.24, 2.45) is 11.8 Å². The van der Waals surface area contributed by atoms with E-state index in [1.54, 1.807) is 6.07 Å². The number of carbonyl (C=O) groups is 2. The lowest BCUT2D eigenvalue weighted by Gasteiger charge is -2.29. The summed E-state index contributed by atoms with van der Waals surface area (Å²) < 4.78 is 5.51. The zero-order chi connectivity index (χ0) is 19.9. The van der Waals surface area contributed by atoms with Gasteiger partial charge in [-0.05, 0) is 43.0 Å². The fraction of sp³-hybridized carbons (Fsp3) is 0.391. The predicted octanol–water partition coefficient (Wildman–Crippen LogP) is 5.39. The van der Waals surface area contributed by atoms with Gasteiger partial charge in [0.2, 0.25) is 5.91 Å². The summed E-state index contributed by atoms with van der Waals surface area (Å²) in [6.45, 7) is 2.22. The van der Waals surface area contributed by atoms with E-state index in [0.717, 1.165) is 30.5 Å². The number of rotatable bonds is 6. The maximum Gasteiger partial charge on any atom is 0.310 e. The number of benzene rings is 2. The van der Waals surface area contributed by atoms with Crippen molar-refractivity contribution >= 4 is 29.2 Å². The van der Waals surface area contributed by atoms with E-state index >= 15 is 0 Å². The molecule has 0 saturated heterocycles. The highest BCUT2D eigenvalue weighted by Crippen LogP contribution is 2.32. The molecule has 1 N–H and O–H groups in total. The average Bonchev–Trinajstić information content (AvgIpc) is 2.73. The first-order valence-electron chi connectivity index (χ1n) is 9.88. The van der Waals surface area contributed by atoms with E-state index in [-0.39, 0.29) is 24.4 Å². The van der Waals surface area contributed by atoms with Gasteiger partial charge >= 0.3 is 5.97 Å². The number of nitrogens with one attached hydrogen (secondary N) is 1. The summed E-state index contributed by atoms with van der Waals surface area (Å²) in [7, 11) is 0. The van der Waals surface area contributed by atoms with Crippen molar-refractivity contribution in [1.82, 2.24) is 0 Å². The normalized spacial score (nSPS) is 19.1. The van der Waals surface area contributed by atoms with Crippen molar-refractivity contribution in [2.45, 2.75) is 45.6 Å². The summed E-state index contributed by atoms with van der Waals surface area (Å²) in [6, 6.07) is 15.1. The van der Waals surface area contributed by atoms with Crippen LogP contribution in [-0.2, 0) is 27.4 Å². The first-order valence-corrected chi connectivity index (χ1v) is 10.3. The molecule has 3 rings (SSSR count). The van der Waals surface area contributed by atoms with E-state index in [0.29, 0.717) is 17.9 Å². The van der Waals surface area contributed by atoms with Crippen LogP contribution in [0.3, 0.4) is 0 Å². The number of amides is 1. The van der Waals surface area contributed by atoms with Gasteiger partial charge in [0.15, 0.2) is 0 Å². The Morgan fingerprint density at radius 2 is 1.71 bits per heavy atom. The van der Waals surface area contributed by atoms with Gasteiger partial charge in [0.1, 0.15) is 6.61 Å². The zero-order valence-electron chi connectivity index (χ0n) is 16.1. The van der Waals surface area contributed by atoms with Crippen LogP contribution in [0.15, 0.2) is 48.5 Å². The third-order valence-electron chi connectivity index (χ3n) is 5.36. The Morgan fingerprint density at radius 1 is 1.04 bits per heavy atom. The Kier molecular flexibility index (Phi) is 7.10. The van der Waals surface area contributed by atoms with E-state index in [4.69, 9.17) is 16.3 Å². The van der Waals surface area contributed by atoms with E-state index in [1.807, 2.05) is 42.5 Å². The molecule has 148 valence electrons. The first-order chi connectivity index (χ1) is 13.6. The highest BCUT2D eigenvalue weighted by molar-refractivity contribution is 6.31. The molecule has 1 amide bonds. The molecule has 28 heavy (non-hydrogen) atoms. The fourth-order valence-corrected chi connectivity index (χ4v) is 3.85. The van der Waals surface area contributed by atoms with Crippen LogP contribution in [0.25, 0.3) is 0 Å². The van der Waals surface area contributed by atoms with E-state index in [2.05, 4.69) is 12.2 Å². The molecule has 5 heteroatoms. The lowest BCUT2D eigenvalue weighted by molar-refractivity contribution is -0.155. The van der Waals surface area contributed by atoms with Gasteiger partial charge in [-0.2, -0.15) is 0 Å². The second kappa shape index (κ2) is 9.74. The van der Waals surface area contributed by atoms with Crippen LogP contribution < -0.4 is 5.32 Å². The summed E-state index contributed by atoms with van der Waals surface area (Å²) in [5.74, 6) is -1.20. The molecule has 1 aliphatic rings. The van der Waals surface area contributed by atoms with E-state index < -0.39 is 5.92 Å². The molecule has 0 bridgehead atoms. The predicted molar refractivity (Wildman–Crippen MR) is 111 cm³/mol. The molecular weight excluding hydrogens is 374 g/mol. The van der Waals surface area contributed by atoms with Gasteiger partial charge in [0.05, 0.1) is 11.8 Å². The Labute approximate surface area is 171 Å². The van der Waals surface area contributed by atoms with Crippen molar-refractivity contribution < 1.29 is 14.3 Å². The van der Waals surface area contributed by atoms with E-state index in [1.165, 1.54) is 5.56 Å². The zero-order valence-corrected chi connectivity index (χ0v) is 16.9. The summed E-state index contributed by atoms with van der Waals surface area (Å²) in [5.41, 5.74) is 2.75. The standard InChI is InChI=1S/C23H26ClNO3/c1-2-16-11-13-18(14-12-16)25-22(26)19-8-4-5-9-20(19)23(27)28-15-17-7-3-6-10-21(17)24/h3,6-7,10-14,19-20H,2,4-5,8-9,15H2,1H3,(H,25,26). The van der Waals surface area contributed by atoms with Crippen molar-refractivity contribution in [3.63, 3.8) is 0 Å². The van der Waals surface area contributed by atoms with Crippen LogP contribution in [0, 0.1) is 11.8 Å². The number of aryl methyl sites for hydroxylation is 1. The molecule has 2 atom stereocenters. The second-order valence-electron chi connectivity index (χ2n) is 7.24. The maximum absolute atomic E-state index is 12.8. The Balaban J connectivity index is 1.62. The molecule has 2 unspecified atom stereocenters. The minimum absolute atomic E-state index is 0.108. The molecular formula is C23H26ClNO3. The molecule has 2 aromatic carbocycles. The highest BCUT2D eigenvalue weighted by Gasteiger charge is 2.36. The molecule has 0 aliphatic heterocycles. The molecule has 0 heterocycles. The SMILES string of the molecule is CCc1ccc(NC(=O)C2CCCCC2C(=O)OCc2ccccc2Cl)cc1. The molecule has 0 aromatic heterocycles. The molecule has 2 aromatic rings. The lowest BCUT2D eigenvalue weighted by atomic mass is 9.78. The minimum Gasteiger partial charge on any atom is -0.461 e. The van der Waals surface area contributed by atoms with Gasteiger partial charge in [0, 0.05) is 16.3 Å². The van der Waals surface area contributed by atoms with Crippen LogP contribution in [-0.4, -0.2) is 11.9 Å².